The van der Waals surface area contributed by atoms with Crippen LogP contribution >= 0.6 is 11.3 Å². The van der Waals surface area contributed by atoms with Crippen LogP contribution < -0.4 is 14.6 Å². The van der Waals surface area contributed by atoms with Gasteiger partial charge >= 0.3 is 0 Å². The summed E-state index contributed by atoms with van der Waals surface area (Å²) in [5.41, 5.74) is 4.97. The Kier molecular flexibility index (Phi) is 6.60. The molecule has 1 unspecified atom stereocenters. The number of benzene rings is 2. The molecule has 0 radical (unpaired) electrons. The second-order valence-corrected chi connectivity index (χ2v) is 9.24. The van der Waals surface area contributed by atoms with Gasteiger partial charge in [0.2, 0.25) is 5.13 Å². The highest BCUT2D eigenvalue weighted by molar-refractivity contribution is 7.17. The normalized spacial score (nSPS) is 15.7. The quantitative estimate of drug-likeness (QED) is 0.348. The van der Waals surface area contributed by atoms with Gasteiger partial charge in [0.15, 0.2) is 5.78 Å². The average Bonchev–Trinajstić information content (AvgIpc) is 3.40. The predicted octanol–water partition coefficient (Wildman–Crippen LogP) is 5.43. The molecule has 1 atom stereocenters. The zero-order valence-electron chi connectivity index (χ0n) is 19.6. The number of carbonyl (C=O) groups is 1. The lowest BCUT2D eigenvalue weighted by atomic mass is 10.0. The zero-order valence-corrected chi connectivity index (χ0v) is 20.4. The maximum absolute atomic E-state index is 12.8. The highest BCUT2D eigenvalue weighted by Crippen LogP contribution is 2.33. The van der Waals surface area contributed by atoms with Gasteiger partial charge in [0.25, 0.3) is 0 Å². The SMILES string of the molecule is COc1ccc(/C=C/C(=O)c2sc(N3N=C(c4ccc(N(C)C)cc4)CC3C)nc2C)cc1. The Labute approximate surface area is 198 Å². The topological polar surface area (TPSA) is 58.0 Å². The first-order valence-electron chi connectivity index (χ1n) is 10.8. The van der Waals surface area contributed by atoms with Gasteiger partial charge in [-0.05, 0) is 55.3 Å². The van der Waals surface area contributed by atoms with Crippen molar-refractivity contribution in [2.45, 2.75) is 26.3 Å². The first-order chi connectivity index (χ1) is 15.9. The van der Waals surface area contributed by atoms with E-state index in [1.807, 2.05) is 56.4 Å². The van der Waals surface area contributed by atoms with Crippen molar-refractivity contribution in [1.29, 1.82) is 0 Å². The van der Waals surface area contributed by atoms with Crippen molar-refractivity contribution < 1.29 is 9.53 Å². The Balaban J connectivity index is 1.51. The van der Waals surface area contributed by atoms with E-state index in [0.29, 0.717) is 4.88 Å². The minimum atomic E-state index is -0.0533. The van der Waals surface area contributed by atoms with Crippen molar-refractivity contribution in [3.63, 3.8) is 0 Å². The molecule has 3 aromatic rings. The van der Waals surface area contributed by atoms with Gasteiger partial charge in [0.1, 0.15) is 5.75 Å². The molecule has 4 rings (SSSR count). The van der Waals surface area contributed by atoms with Crippen molar-refractivity contribution in [3.05, 3.63) is 76.3 Å². The molecular formula is C26H28N4O2S. The summed E-state index contributed by atoms with van der Waals surface area (Å²) in [5, 5.41) is 7.54. The van der Waals surface area contributed by atoms with Gasteiger partial charge in [0.05, 0.1) is 29.4 Å². The van der Waals surface area contributed by atoms with Crippen LogP contribution in [0.5, 0.6) is 5.75 Å². The van der Waals surface area contributed by atoms with E-state index in [1.165, 1.54) is 11.3 Å². The molecule has 2 heterocycles. The molecule has 0 N–H and O–H groups in total. The van der Waals surface area contributed by atoms with E-state index < -0.39 is 0 Å². The van der Waals surface area contributed by atoms with Gasteiger partial charge < -0.3 is 9.64 Å². The van der Waals surface area contributed by atoms with E-state index in [-0.39, 0.29) is 11.8 Å². The number of hydrogen-bond donors (Lipinski definition) is 0. The largest absolute Gasteiger partial charge is 0.497 e. The third-order valence-electron chi connectivity index (χ3n) is 5.60. The lowest BCUT2D eigenvalue weighted by Gasteiger charge is -2.15. The molecule has 33 heavy (non-hydrogen) atoms. The first kappa shape index (κ1) is 22.7. The fourth-order valence-electron chi connectivity index (χ4n) is 3.67. The molecule has 0 saturated carbocycles. The molecule has 0 amide bonds. The van der Waals surface area contributed by atoms with Gasteiger partial charge in [-0.3, -0.25) is 4.79 Å². The summed E-state index contributed by atoms with van der Waals surface area (Å²) in [6.45, 7) is 4.01. The monoisotopic (exact) mass is 460 g/mol. The number of aryl methyl sites for hydroxylation is 1. The Bertz CT molecular complexity index is 1190. The Hall–Kier alpha value is -3.45. The highest BCUT2D eigenvalue weighted by atomic mass is 32.1. The van der Waals surface area contributed by atoms with Gasteiger partial charge in [-0.2, -0.15) is 5.10 Å². The number of thiazole rings is 1. The summed E-state index contributed by atoms with van der Waals surface area (Å²) in [6, 6.07) is 16.2. The van der Waals surface area contributed by atoms with Crippen LogP contribution in [0, 0.1) is 6.92 Å². The van der Waals surface area contributed by atoms with E-state index in [0.717, 1.165) is 45.5 Å². The number of anilines is 2. The Morgan fingerprint density at radius 1 is 1.15 bits per heavy atom. The van der Waals surface area contributed by atoms with Crippen LogP contribution in [0.1, 0.15) is 39.8 Å². The molecule has 1 aromatic heterocycles. The number of ketones is 1. The van der Waals surface area contributed by atoms with E-state index in [2.05, 4.69) is 41.1 Å². The summed E-state index contributed by atoms with van der Waals surface area (Å²) in [6.07, 6.45) is 4.24. The molecule has 1 aliphatic rings. The lowest BCUT2D eigenvalue weighted by Crippen LogP contribution is -2.22. The van der Waals surface area contributed by atoms with Gasteiger partial charge in [-0.15, -0.1) is 0 Å². The molecule has 0 aliphatic carbocycles. The smallest absolute Gasteiger partial charge is 0.207 e. The van der Waals surface area contributed by atoms with Crippen molar-refractivity contribution >= 4 is 39.7 Å². The minimum Gasteiger partial charge on any atom is -0.497 e. The first-order valence-corrected chi connectivity index (χ1v) is 11.7. The summed E-state index contributed by atoms with van der Waals surface area (Å²) < 4.78 is 5.18. The fourth-order valence-corrected chi connectivity index (χ4v) is 4.71. The van der Waals surface area contributed by atoms with Crippen molar-refractivity contribution in [2.24, 2.45) is 5.10 Å². The second kappa shape index (κ2) is 9.58. The molecular weight excluding hydrogens is 432 g/mol. The van der Waals surface area contributed by atoms with Gasteiger partial charge in [0, 0.05) is 26.2 Å². The average molecular weight is 461 g/mol. The second-order valence-electron chi connectivity index (χ2n) is 8.27. The fraction of sp³-hybridized carbons (Fsp3) is 0.269. The standard InChI is InChI=1S/C26H28N4O2S/c1-17-16-23(20-9-11-21(12-10-20)29(3)4)28-30(17)26-27-18(2)25(33-26)24(31)15-8-19-6-13-22(32-5)14-7-19/h6-15,17H,16H2,1-5H3/b15-8+. The van der Waals surface area contributed by atoms with Crippen LogP contribution in [0.3, 0.4) is 0 Å². The van der Waals surface area contributed by atoms with E-state index >= 15 is 0 Å². The molecule has 1 aliphatic heterocycles. The van der Waals surface area contributed by atoms with Crippen molar-refractivity contribution in [3.8, 4) is 5.75 Å². The number of aromatic nitrogens is 1. The van der Waals surface area contributed by atoms with E-state index in [9.17, 15) is 4.79 Å². The summed E-state index contributed by atoms with van der Waals surface area (Å²) >= 11 is 1.39. The Morgan fingerprint density at radius 2 is 1.85 bits per heavy atom. The molecule has 0 fully saturated rings. The van der Waals surface area contributed by atoms with E-state index in [1.54, 1.807) is 13.2 Å². The number of hydrogen-bond acceptors (Lipinski definition) is 7. The van der Waals surface area contributed by atoms with Crippen LogP contribution in [0.15, 0.2) is 59.7 Å². The number of carbonyl (C=O) groups excluding carboxylic acids is 1. The number of nitrogens with zero attached hydrogens (tertiary/aromatic N) is 4. The van der Waals surface area contributed by atoms with Crippen LogP contribution in [0.4, 0.5) is 10.8 Å². The minimum absolute atomic E-state index is 0.0533. The molecule has 2 aromatic carbocycles. The van der Waals surface area contributed by atoms with Crippen LogP contribution in [0.2, 0.25) is 0 Å². The summed E-state index contributed by atoms with van der Waals surface area (Å²) in [4.78, 5) is 20.2. The highest BCUT2D eigenvalue weighted by Gasteiger charge is 2.28. The number of rotatable bonds is 7. The van der Waals surface area contributed by atoms with Crippen molar-refractivity contribution in [1.82, 2.24) is 4.98 Å². The van der Waals surface area contributed by atoms with Crippen LogP contribution in [-0.2, 0) is 0 Å². The number of methoxy groups -OCH3 is 1. The maximum Gasteiger partial charge on any atom is 0.207 e. The van der Waals surface area contributed by atoms with Crippen LogP contribution in [-0.4, -0.2) is 43.7 Å². The van der Waals surface area contributed by atoms with Gasteiger partial charge in [-0.1, -0.05) is 41.7 Å². The third kappa shape index (κ3) is 4.98. The lowest BCUT2D eigenvalue weighted by molar-refractivity contribution is 0.105. The molecule has 0 spiro atoms. The number of allylic oxidation sites excluding steroid dienone is 1. The molecule has 0 bridgehead atoms. The molecule has 170 valence electrons. The maximum atomic E-state index is 12.8. The molecule has 0 saturated heterocycles. The van der Waals surface area contributed by atoms with Crippen LogP contribution in [0.25, 0.3) is 6.08 Å². The molecule has 6 nitrogen and oxygen atoms in total. The van der Waals surface area contributed by atoms with Gasteiger partial charge in [-0.25, -0.2) is 9.99 Å². The predicted molar refractivity (Wildman–Crippen MR) is 137 cm³/mol. The third-order valence-corrected chi connectivity index (χ3v) is 6.76. The number of ether oxygens (including phenoxy) is 1. The number of hydrazone groups is 1. The van der Waals surface area contributed by atoms with Crippen molar-refractivity contribution in [2.75, 3.05) is 31.1 Å². The molecule has 7 heteroatoms. The summed E-state index contributed by atoms with van der Waals surface area (Å²) in [7, 11) is 5.69. The zero-order chi connectivity index (χ0) is 23.5. The summed E-state index contributed by atoms with van der Waals surface area (Å²) in [5.74, 6) is 0.733. The van der Waals surface area contributed by atoms with E-state index in [4.69, 9.17) is 9.84 Å². The Morgan fingerprint density at radius 3 is 2.48 bits per heavy atom.